The van der Waals surface area contributed by atoms with Gasteiger partial charge in [-0.15, -0.1) is 0 Å². The van der Waals surface area contributed by atoms with E-state index in [1.54, 1.807) is 0 Å². The normalized spacial score (nSPS) is 15.5. The molecule has 1 saturated heterocycles. The standard InChI is InChI=1S/C30H51N7O/c31-9-1-11-35-13-7-28(33)22-24-19-25(23-29(34)8-14-36-12-2-10-32)21-27(20-24)26-3-5-30(6-4-26)37-15-17-38-18-16-37/h3-6,19-21,28-29,35-36H,1-2,7-18,22-23,31-34H2. The Morgan fingerprint density at radius 2 is 1.24 bits per heavy atom. The van der Waals surface area contributed by atoms with E-state index in [4.69, 9.17) is 27.7 Å². The van der Waals surface area contributed by atoms with E-state index in [-0.39, 0.29) is 12.1 Å². The summed E-state index contributed by atoms with van der Waals surface area (Å²) >= 11 is 0. The van der Waals surface area contributed by atoms with Crippen LogP contribution in [0, 0.1) is 0 Å². The van der Waals surface area contributed by atoms with Gasteiger partial charge in [0.05, 0.1) is 13.2 Å². The van der Waals surface area contributed by atoms with Crippen LogP contribution < -0.4 is 38.5 Å². The average molecular weight is 526 g/mol. The maximum Gasteiger partial charge on any atom is 0.0642 e. The van der Waals surface area contributed by atoms with E-state index in [0.29, 0.717) is 13.1 Å². The SMILES string of the molecule is NCCCNCCC(N)Cc1cc(CC(N)CCNCCCN)cc(-c2ccc(N3CCOCC3)cc2)c1. The molecule has 1 heterocycles. The van der Waals surface area contributed by atoms with Gasteiger partial charge in [0.2, 0.25) is 0 Å². The zero-order valence-electron chi connectivity index (χ0n) is 23.2. The number of benzene rings is 2. The lowest BCUT2D eigenvalue weighted by Crippen LogP contribution is -2.36. The van der Waals surface area contributed by atoms with Crippen LogP contribution in [0.25, 0.3) is 11.1 Å². The summed E-state index contributed by atoms with van der Waals surface area (Å²) in [7, 11) is 0. The van der Waals surface area contributed by atoms with Gasteiger partial charge in [0.25, 0.3) is 0 Å². The zero-order chi connectivity index (χ0) is 27.0. The molecule has 0 saturated carbocycles. The molecule has 0 bridgehead atoms. The molecule has 2 unspecified atom stereocenters. The molecule has 2 aromatic carbocycles. The summed E-state index contributed by atoms with van der Waals surface area (Å²) in [6, 6.07) is 16.0. The Bertz CT molecular complexity index is 862. The highest BCUT2D eigenvalue weighted by Gasteiger charge is 2.13. The molecular formula is C30H51N7O. The van der Waals surface area contributed by atoms with Crippen molar-refractivity contribution in [2.75, 3.05) is 70.5 Å². The van der Waals surface area contributed by atoms with E-state index < -0.39 is 0 Å². The highest BCUT2D eigenvalue weighted by atomic mass is 16.5. The molecule has 38 heavy (non-hydrogen) atoms. The van der Waals surface area contributed by atoms with Gasteiger partial charge in [0, 0.05) is 30.9 Å². The van der Waals surface area contributed by atoms with Crippen LogP contribution in [0.3, 0.4) is 0 Å². The molecule has 3 rings (SSSR count). The zero-order valence-corrected chi connectivity index (χ0v) is 23.2. The number of nitrogens with zero attached hydrogens (tertiary/aromatic N) is 1. The van der Waals surface area contributed by atoms with E-state index in [0.717, 1.165) is 91.0 Å². The van der Waals surface area contributed by atoms with Crippen molar-refractivity contribution in [1.82, 2.24) is 10.6 Å². The first-order valence-corrected chi connectivity index (χ1v) is 14.5. The quantitative estimate of drug-likeness (QED) is 0.161. The minimum atomic E-state index is 0.104. The van der Waals surface area contributed by atoms with E-state index in [1.807, 2.05) is 0 Å². The molecule has 0 aromatic heterocycles. The predicted molar refractivity (Wildman–Crippen MR) is 161 cm³/mol. The second-order valence-electron chi connectivity index (χ2n) is 10.5. The summed E-state index contributed by atoms with van der Waals surface area (Å²) < 4.78 is 5.51. The summed E-state index contributed by atoms with van der Waals surface area (Å²) in [5.74, 6) is 0. The number of anilines is 1. The van der Waals surface area contributed by atoms with Crippen molar-refractivity contribution in [2.24, 2.45) is 22.9 Å². The number of nitrogens with one attached hydrogen (secondary N) is 2. The summed E-state index contributed by atoms with van der Waals surface area (Å²) in [5, 5.41) is 6.88. The van der Waals surface area contributed by atoms with Crippen molar-refractivity contribution in [3.8, 4) is 11.1 Å². The number of ether oxygens (including phenoxy) is 1. The van der Waals surface area contributed by atoms with E-state index >= 15 is 0 Å². The lowest BCUT2D eigenvalue weighted by Gasteiger charge is -2.29. The highest BCUT2D eigenvalue weighted by molar-refractivity contribution is 5.68. The second kappa shape index (κ2) is 17.5. The summed E-state index contributed by atoms with van der Waals surface area (Å²) in [6.07, 6.45) is 5.56. The van der Waals surface area contributed by atoms with E-state index in [2.05, 4.69) is 58.0 Å². The Morgan fingerprint density at radius 3 is 1.74 bits per heavy atom. The van der Waals surface area contributed by atoms with Crippen molar-refractivity contribution in [3.05, 3.63) is 53.6 Å². The third kappa shape index (κ3) is 11.0. The minimum Gasteiger partial charge on any atom is -0.378 e. The van der Waals surface area contributed by atoms with Crippen LogP contribution in [0.1, 0.15) is 36.8 Å². The highest BCUT2D eigenvalue weighted by Crippen LogP contribution is 2.27. The molecule has 0 radical (unpaired) electrons. The Hall–Kier alpha value is -2.04. The number of nitrogens with two attached hydrogens (primary N) is 4. The van der Waals surface area contributed by atoms with Crippen molar-refractivity contribution >= 4 is 5.69 Å². The monoisotopic (exact) mass is 525 g/mol. The molecule has 10 N–H and O–H groups in total. The largest absolute Gasteiger partial charge is 0.378 e. The molecule has 0 aliphatic carbocycles. The van der Waals surface area contributed by atoms with Gasteiger partial charge in [0.1, 0.15) is 0 Å². The predicted octanol–water partition coefficient (Wildman–Crippen LogP) is 1.59. The van der Waals surface area contributed by atoms with Gasteiger partial charge in [-0.2, -0.15) is 0 Å². The van der Waals surface area contributed by atoms with Crippen LogP contribution in [-0.2, 0) is 17.6 Å². The first-order chi connectivity index (χ1) is 18.6. The molecule has 0 amide bonds. The summed E-state index contributed by atoms with van der Waals surface area (Å²) in [6.45, 7) is 8.62. The number of hydrogen-bond donors (Lipinski definition) is 6. The molecule has 2 aromatic rings. The number of rotatable bonds is 18. The van der Waals surface area contributed by atoms with Gasteiger partial charge in [-0.3, -0.25) is 0 Å². The van der Waals surface area contributed by atoms with Crippen LogP contribution in [0.2, 0.25) is 0 Å². The lowest BCUT2D eigenvalue weighted by molar-refractivity contribution is 0.122. The lowest BCUT2D eigenvalue weighted by atomic mass is 9.93. The van der Waals surface area contributed by atoms with Crippen molar-refractivity contribution in [3.63, 3.8) is 0 Å². The van der Waals surface area contributed by atoms with Crippen molar-refractivity contribution in [2.45, 2.75) is 50.6 Å². The maximum absolute atomic E-state index is 6.55. The molecule has 2 atom stereocenters. The molecule has 1 fully saturated rings. The molecular weight excluding hydrogens is 474 g/mol. The van der Waals surface area contributed by atoms with Gasteiger partial charge in [-0.1, -0.05) is 30.3 Å². The molecule has 8 heteroatoms. The smallest absolute Gasteiger partial charge is 0.0642 e. The summed E-state index contributed by atoms with van der Waals surface area (Å²) in [5.41, 5.74) is 30.5. The molecule has 8 nitrogen and oxygen atoms in total. The van der Waals surface area contributed by atoms with Gasteiger partial charge < -0.3 is 43.2 Å². The molecule has 1 aliphatic rings. The Balaban J connectivity index is 1.68. The van der Waals surface area contributed by atoms with Crippen LogP contribution in [0.5, 0.6) is 0 Å². The maximum atomic E-state index is 6.55. The molecule has 212 valence electrons. The van der Waals surface area contributed by atoms with E-state index in [1.165, 1.54) is 27.9 Å². The first kappa shape index (κ1) is 30.5. The fourth-order valence-electron chi connectivity index (χ4n) is 4.94. The average Bonchev–Trinajstić information content (AvgIpc) is 2.93. The van der Waals surface area contributed by atoms with Crippen LogP contribution in [0.4, 0.5) is 5.69 Å². The van der Waals surface area contributed by atoms with Crippen LogP contribution >= 0.6 is 0 Å². The fourth-order valence-corrected chi connectivity index (χ4v) is 4.94. The second-order valence-corrected chi connectivity index (χ2v) is 10.5. The molecule has 0 spiro atoms. The first-order valence-electron chi connectivity index (χ1n) is 14.5. The Morgan fingerprint density at radius 1 is 0.711 bits per heavy atom. The third-order valence-electron chi connectivity index (χ3n) is 7.12. The Kier molecular flexibility index (Phi) is 14.1. The third-order valence-corrected chi connectivity index (χ3v) is 7.12. The van der Waals surface area contributed by atoms with Gasteiger partial charge in [0.15, 0.2) is 0 Å². The summed E-state index contributed by atoms with van der Waals surface area (Å²) in [4.78, 5) is 2.39. The molecule has 1 aliphatic heterocycles. The topological polar surface area (TPSA) is 141 Å². The van der Waals surface area contributed by atoms with Gasteiger partial charge in [-0.25, -0.2) is 0 Å². The van der Waals surface area contributed by atoms with Gasteiger partial charge >= 0.3 is 0 Å². The Labute approximate surface area is 229 Å². The van der Waals surface area contributed by atoms with Crippen LogP contribution in [-0.4, -0.2) is 77.7 Å². The van der Waals surface area contributed by atoms with Crippen LogP contribution in [0.15, 0.2) is 42.5 Å². The van der Waals surface area contributed by atoms with E-state index in [9.17, 15) is 0 Å². The fraction of sp³-hybridized carbons (Fsp3) is 0.600. The van der Waals surface area contributed by atoms with Crippen molar-refractivity contribution in [1.29, 1.82) is 0 Å². The number of hydrogen-bond acceptors (Lipinski definition) is 8. The van der Waals surface area contributed by atoms with Crippen molar-refractivity contribution < 1.29 is 4.74 Å². The van der Waals surface area contributed by atoms with Gasteiger partial charge in [-0.05, 0) is 112 Å². The minimum absolute atomic E-state index is 0.104. The number of morpholine rings is 1.